The van der Waals surface area contributed by atoms with Crippen LogP contribution in [0.4, 0.5) is 0 Å². The van der Waals surface area contributed by atoms with E-state index in [-0.39, 0.29) is 23.8 Å². The number of hydrogen-bond donors (Lipinski definition) is 2. The summed E-state index contributed by atoms with van der Waals surface area (Å²) in [6, 6.07) is 4.88. The zero-order valence-electron chi connectivity index (χ0n) is 12.1. The van der Waals surface area contributed by atoms with E-state index < -0.39 is 15.6 Å². The van der Waals surface area contributed by atoms with Gasteiger partial charge < -0.3 is 14.6 Å². The molecule has 6 nitrogen and oxygen atoms in total. The molecule has 0 saturated carbocycles. The minimum absolute atomic E-state index is 0.0282. The third-order valence-electron chi connectivity index (χ3n) is 2.71. The highest BCUT2D eigenvalue weighted by atomic mass is 32.2. The highest BCUT2D eigenvalue weighted by molar-refractivity contribution is 7.89. The Bertz CT molecular complexity index is 554. The molecule has 0 aliphatic carbocycles. The van der Waals surface area contributed by atoms with Crippen LogP contribution in [0.1, 0.15) is 12.5 Å². The fourth-order valence-corrected chi connectivity index (χ4v) is 3.10. The summed E-state index contributed by atoms with van der Waals surface area (Å²) in [5.74, 6) is 0.259. The molecule has 114 valence electrons. The molecule has 0 radical (unpaired) electrons. The molecule has 0 fully saturated rings. The van der Waals surface area contributed by atoms with Crippen molar-refractivity contribution < 1.29 is 23.0 Å². The molecule has 1 rings (SSSR count). The topological polar surface area (TPSA) is 84.9 Å². The van der Waals surface area contributed by atoms with E-state index in [1.807, 2.05) is 0 Å². The first-order chi connectivity index (χ1) is 9.22. The van der Waals surface area contributed by atoms with Gasteiger partial charge in [-0.15, -0.1) is 0 Å². The monoisotopic (exact) mass is 303 g/mol. The van der Waals surface area contributed by atoms with Crippen molar-refractivity contribution >= 4 is 10.0 Å². The minimum Gasteiger partial charge on any atom is -0.495 e. The van der Waals surface area contributed by atoms with Gasteiger partial charge in [0.25, 0.3) is 0 Å². The van der Waals surface area contributed by atoms with Crippen LogP contribution in [0.3, 0.4) is 0 Å². The van der Waals surface area contributed by atoms with E-state index in [4.69, 9.17) is 9.47 Å². The van der Waals surface area contributed by atoms with Crippen molar-refractivity contribution in [2.45, 2.75) is 24.3 Å². The van der Waals surface area contributed by atoms with Crippen molar-refractivity contribution in [1.29, 1.82) is 0 Å². The summed E-state index contributed by atoms with van der Waals surface area (Å²) < 4.78 is 36.8. The van der Waals surface area contributed by atoms with Gasteiger partial charge in [0.05, 0.1) is 19.3 Å². The van der Waals surface area contributed by atoms with Gasteiger partial charge in [0.15, 0.2) is 0 Å². The van der Waals surface area contributed by atoms with Gasteiger partial charge in [0, 0.05) is 13.7 Å². The van der Waals surface area contributed by atoms with E-state index in [0.29, 0.717) is 0 Å². The van der Waals surface area contributed by atoms with Crippen molar-refractivity contribution in [2.24, 2.45) is 0 Å². The molecule has 0 saturated heterocycles. The molecule has 0 aliphatic heterocycles. The smallest absolute Gasteiger partial charge is 0.244 e. The fourth-order valence-electron chi connectivity index (χ4n) is 1.68. The van der Waals surface area contributed by atoms with Gasteiger partial charge in [-0.05, 0) is 31.5 Å². The molecule has 1 unspecified atom stereocenters. The van der Waals surface area contributed by atoms with Crippen LogP contribution in [0, 0.1) is 6.92 Å². The number of aliphatic hydroxyl groups is 1. The first-order valence-electron chi connectivity index (χ1n) is 6.07. The van der Waals surface area contributed by atoms with Crippen LogP contribution in [0.25, 0.3) is 0 Å². The number of rotatable bonds is 7. The van der Waals surface area contributed by atoms with Gasteiger partial charge in [0.1, 0.15) is 10.6 Å². The second-order valence-corrected chi connectivity index (χ2v) is 6.64. The van der Waals surface area contributed by atoms with Crippen LogP contribution in [-0.2, 0) is 14.8 Å². The molecule has 7 heteroatoms. The number of hydrogen-bond acceptors (Lipinski definition) is 5. The van der Waals surface area contributed by atoms with E-state index in [1.165, 1.54) is 27.2 Å². The molecule has 20 heavy (non-hydrogen) atoms. The molecular weight excluding hydrogens is 282 g/mol. The summed E-state index contributed by atoms with van der Waals surface area (Å²) in [4.78, 5) is 0.0493. The second kappa shape index (κ2) is 6.53. The summed E-state index contributed by atoms with van der Waals surface area (Å²) >= 11 is 0. The Kier molecular flexibility index (Phi) is 5.52. The van der Waals surface area contributed by atoms with Crippen molar-refractivity contribution in [3.05, 3.63) is 23.8 Å². The largest absolute Gasteiger partial charge is 0.495 e. The first-order valence-corrected chi connectivity index (χ1v) is 7.56. The Morgan fingerprint density at radius 3 is 2.55 bits per heavy atom. The number of nitrogens with one attached hydrogen (secondary N) is 1. The molecule has 1 atom stereocenters. The van der Waals surface area contributed by atoms with Gasteiger partial charge >= 0.3 is 0 Å². The summed E-state index contributed by atoms with van der Waals surface area (Å²) in [6.45, 7) is 3.16. The Labute approximate surface area is 119 Å². The molecule has 0 amide bonds. The zero-order valence-corrected chi connectivity index (χ0v) is 13.0. The van der Waals surface area contributed by atoms with Crippen LogP contribution in [0.15, 0.2) is 23.1 Å². The number of methoxy groups -OCH3 is 2. The zero-order chi connectivity index (χ0) is 15.4. The normalized spacial score (nSPS) is 14.8. The highest BCUT2D eigenvalue weighted by Gasteiger charge is 2.26. The van der Waals surface area contributed by atoms with Crippen LogP contribution >= 0.6 is 0 Å². The Balaban J connectivity index is 2.97. The lowest BCUT2D eigenvalue weighted by Crippen LogP contribution is -2.43. The van der Waals surface area contributed by atoms with Gasteiger partial charge in [0.2, 0.25) is 10.0 Å². The predicted octanol–water partition coefficient (Wildman–Crippen LogP) is 0.679. The maximum atomic E-state index is 12.3. The van der Waals surface area contributed by atoms with E-state index in [9.17, 15) is 13.5 Å². The van der Waals surface area contributed by atoms with Crippen LogP contribution in [-0.4, -0.2) is 46.5 Å². The lowest BCUT2D eigenvalue weighted by Gasteiger charge is -2.22. The number of benzene rings is 1. The van der Waals surface area contributed by atoms with Crippen molar-refractivity contribution in [2.75, 3.05) is 27.4 Å². The SMILES string of the molecule is COCC(C)(O)CNS(=O)(=O)c1cc(C)ccc1OC. The molecule has 0 aromatic heterocycles. The Morgan fingerprint density at radius 1 is 1.35 bits per heavy atom. The molecular formula is C13H21NO5S. The first kappa shape index (κ1) is 16.9. The van der Waals surface area contributed by atoms with Gasteiger partial charge in [-0.25, -0.2) is 13.1 Å². The van der Waals surface area contributed by atoms with Crippen LogP contribution in [0.5, 0.6) is 5.75 Å². The second-order valence-electron chi connectivity index (χ2n) is 4.91. The molecule has 2 N–H and O–H groups in total. The molecule has 0 heterocycles. The summed E-state index contributed by atoms with van der Waals surface area (Å²) in [7, 11) is -0.923. The third-order valence-corrected chi connectivity index (χ3v) is 4.13. The van der Waals surface area contributed by atoms with Gasteiger partial charge in [-0.1, -0.05) is 6.07 Å². The minimum atomic E-state index is -3.77. The van der Waals surface area contributed by atoms with E-state index in [0.717, 1.165) is 5.56 Å². The third kappa shape index (κ3) is 4.45. The van der Waals surface area contributed by atoms with Crippen molar-refractivity contribution in [3.63, 3.8) is 0 Å². The van der Waals surface area contributed by atoms with E-state index >= 15 is 0 Å². The summed E-state index contributed by atoms with van der Waals surface area (Å²) in [5.41, 5.74) is -0.478. The molecule has 0 spiro atoms. The average Bonchev–Trinajstić information content (AvgIpc) is 2.37. The Morgan fingerprint density at radius 2 is 2.00 bits per heavy atom. The van der Waals surface area contributed by atoms with Crippen LogP contribution in [0.2, 0.25) is 0 Å². The molecule has 1 aromatic carbocycles. The number of sulfonamides is 1. The lowest BCUT2D eigenvalue weighted by atomic mass is 10.1. The number of ether oxygens (including phenoxy) is 2. The van der Waals surface area contributed by atoms with E-state index in [1.54, 1.807) is 19.1 Å². The maximum Gasteiger partial charge on any atom is 0.244 e. The Hall–Kier alpha value is -1.15. The van der Waals surface area contributed by atoms with Crippen molar-refractivity contribution in [3.8, 4) is 5.75 Å². The molecule has 0 aliphatic rings. The van der Waals surface area contributed by atoms with Crippen LogP contribution < -0.4 is 9.46 Å². The maximum absolute atomic E-state index is 12.3. The standard InChI is InChI=1S/C13H21NO5S/c1-10-5-6-11(19-4)12(7-10)20(16,17)14-8-13(2,15)9-18-3/h5-7,14-15H,8-9H2,1-4H3. The quantitative estimate of drug-likeness (QED) is 0.774. The predicted molar refractivity (Wildman–Crippen MR) is 75.4 cm³/mol. The van der Waals surface area contributed by atoms with E-state index in [2.05, 4.69) is 4.72 Å². The summed E-state index contributed by atoms with van der Waals surface area (Å²) in [5, 5.41) is 9.92. The highest BCUT2D eigenvalue weighted by Crippen LogP contribution is 2.24. The van der Waals surface area contributed by atoms with Gasteiger partial charge in [-0.2, -0.15) is 0 Å². The molecule has 0 bridgehead atoms. The fraction of sp³-hybridized carbons (Fsp3) is 0.538. The lowest BCUT2D eigenvalue weighted by molar-refractivity contribution is -0.0119. The van der Waals surface area contributed by atoms with Gasteiger partial charge in [-0.3, -0.25) is 0 Å². The van der Waals surface area contributed by atoms with Crippen molar-refractivity contribution in [1.82, 2.24) is 4.72 Å². The molecule has 1 aromatic rings. The summed E-state index contributed by atoms with van der Waals surface area (Å²) in [6.07, 6.45) is 0. The average molecular weight is 303 g/mol. The number of aryl methyl sites for hydroxylation is 1.